The lowest BCUT2D eigenvalue weighted by Crippen LogP contribution is -2.36. The zero-order chi connectivity index (χ0) is 16.1. The fourth-order valence-electron chi connectivity index (χ4n) is 2.07. The number of nitriles is 1. The lowest BCUT2D eigenvalue weighted by Gasteiger charge is -2.16. The van der Waals surface area contributed by atoms with Gasteiger partial charge in [0.05, 0.1) is 17.0 Å². The molecule has 1 amide bonds. The quantitative estimate of drug-likeness (QED) is 0.680. The molecule has 2 rings (SSSR count). The van der Waals surface area contributed by atoms with Crippen molar-refractivity contribution in [1.82, 2.24) is 5.32 Å². The number of Topliss-reactive ketones (excluding diaryl/α,β-unsaturated/α-hetero) is 1. The van der Waals surface area contributed by atoms with Gasteiger partial charge in [-0.1, -0.05) is 30.3 Å². The van der Waals surface area contributed by atoms with E-state index < -0.39 is 17.6 Å². The SMILES string of the molecule is Cc1ccc(C(=O)[C@H](C#N)C(=O)N[C@H](C)c2ccccc2)s1. The molecule has 22 heavy (non-hydrogen) atoms. The monoisotopic (exact) mass is 312 g/mol. The number of carbonyl (C=O) groups excluding carboxylic acids is 2. The zero-order valence-electron chi connectivity index (χ0n) is 12.4. The average Bonchev–Trinajstić information content (AvgIpc) is 2.95. The summed E-state index contributed by atoms with van der Waals surface area (Å²) in [4.78, 5) is 25.9. The fraction of sp³-hybridized carbons (Fsp3) is 0.235. The minimum atomic E-state index is -1.32. The Labute approximate surface area is 133 Å². The van der Waals surface area contributed by atoms with Crippen LogP contribution >= 0.6 is 11.3 Å². The fourth-order valence-corrected chi connectivity index (χ4v) is 2.90. The highest BCUT2D eigenvalue weighted by Gasteiger charge is 2.29. The van der Waals surface area contributed by atoms with E-state index in [1.165, 1.54) is 11.3 Å². The normalized spacial score (nSPS) is 13.0. The Morgan fingerprint density at radius 3 is 2.41 bits per heavy atom. The molecule has 0 aliphatic rings. The van der Waals surface area contributed by atoms with Crippen LogP contribution in [0.2, 0.25) is 0 Å². The highest BCUT2D eigenvalue weighted by molar-refractivity contribution is 7.14. The molecule has 1 N–H and O–H groups in total. The molecule has 0 bridgehead atoms. The van der Waals surface area contributed by atoms with E-state index in [1.807, 2.05) is 50.2 Å². The largest absolute Gasteiger partial charge is 0.348 e. The maximum Gasteiger partial charge on any atom is 0.245 e. The molecule has 0 aliphatic carbocycles. The summed E-state index contributed by atoms with van der Waals surface area (Å²) in [5.41, 5.74) is 0.923. The van der Waals surface area contributed by atoms with Crippen molar-refractivity contribution in [3.05, 3.63) is 57.8 Å². The van der Waals surface area contributed by atoms with E-state index in [0.717, 1.165) is 10.4 Å². The van der Waals surface area contributed by atoms with Gasteiger partial charge in [0.2, 0.25) is 5.91 Å². The van der Waals surface area contributed by atoms with Gasteiger partial charge in [0, 0.05) is 4.88 Å². The van der Waals surface area contributed by atoms with Crippen molar-refractivity contribution < 1.29 is 9.59 Å². The van der Waals surface area contributed by atoms with Crippen LogP contribution in [0.15, 0.2) is 42.5 Å². The highest BCUT2D eigenvalue weighted by atomic mass is 32.1. The first-order valence-corrected chi connectivity index (χ1v) is 7.70. The predicted molar refractivity (Wildman–Crippen MR) is 85.5 cm³/mol. The molecule has 2 aromatic rings. The van der Waals surface area contributed by atoms with Gasteiger partial charge >= 0.3 is 0 Å². The Morgan fingerprint density at radius 1 is 1.18 bits per heavy atom. The van der Waals surface area contributed by atoms with Crippen LogP contribution in [0.5, 0.6) is 0 Å². The second-order valence-corrected chi connectivity index (χ2v) is 6.27. The number of aryl methyl sites for hydroxylation is 1. The molecule has 1 heterocycles. The van der Waals surface area contributed by atoms with Crippen LogP contribution in [0.25, 0.3) is 0 Å². The number of rotatable bonds is 5. The smallest absolute Gasteiger partial charge is 0.245 e. The summed E-state index contributed by atoms with van der Waals surface area (Å²) in [6, 6.07) is 14.4. The van der Waals surface area contributed by atoms with Crippen molar-refractivity contribution in [2.24, 2.45) is 5.92 Å². The number of nitrogens with one attached hydrogen (secondary N) is 1. The highest BCUT2D eigenvalue weighted by Crippen LogP contribution is 2.20. The molecular formula is C17H16N2O2S. The van der Waals surface area contributed by atoms with Crippen molar-refractivity contribution in [2.45, 2.75) is 19.9 Å². The number of carbonyl (C=O) groups is 2. The third kappa shape index (κ3) is 3.60. The first kappa shape index (κ1) is 15.9. The van der Waals surface area contributed by atoms with E-state index in [2.05, 4.69) is 5.32 Å². The number of hydrogen-bond donors (Lipinski definition) is 1. The van der Waals surface area contributed by atoms with E-state index >= 15 is 0 Å². The third-order valence-electron chi connectivity index (χ3n) is 3.30. The average molecular weight is 312 g/mol. The molecule has 5 heteroatoms. The Morgan fingerprint density at radius 2 is 1.86 bits per heavy atom. The number of benzene rings is 1. The molecule has 4 nitrogen and oxygen atoms in total. The number of ketones is 1. The Balaban J connectivity index is 2.09. The molecule has 0 saturated carbocycles. The topological polar surface area (TPSA) is 70.0 Å². The van der Waals surface area contributed by atoms with Gasteiger partial charge in [-0.3, -0.25) is 9.59 Å². The van der Waals surface area contributed by atoms with Crippen LogP contribution in [-0.4, -0.2) is 11.7 Å². The van der Waals surface area contributed by atoms with Gasteiger partial charge < -0.3 is 5.32 Å². The second kappa shape index (κ2) is 7.01. The van der Waals surface area contributed by atoms with Crippen molar-refractivity contribution in [3.63, 3.8) is 0 Å². The van der Waals surface area contributed by atoms with Gasteiger partial charge in [-0.2, -0.15) is 5.26 Å². The van der Waals surface area contributed by atoms with Gasteiger partial charge in [-0.05, 0) is 31.5 Å². The van der Waals surface area contributed by atoms with E-state index in [-0.39, 0.29) is 6.04 Å². The van der Waals surface area contributed by atoms with Crippen LogP contribution < -0.4 is 5.32 Å². The van der Waals surface area contributed by atoms with Crippen LogP contribution in [-0.2, 0) is 4.79 Å². The molecular weight excluding hydrogens is 296 g/mol. The van der Waals surface area contributed by atoms with Crippen LogP contribution in [0.1, 0.15) is 33.1 Å². The molecule has 0 saturated heterocycles. The summed E-state index contributed by atoms with van der Waals surface area (Å²) >= 11 is 1.29. The number of hydrogen-bond acceptors (Lipinski definition) is 4. The van der Waals surface area contributed by atoms with E-state index in [4.69, 9.17) is 0 Å². The summed E-state index contributed by atoms with van der Waals surface area (Å²) in [6.45, 7) is 3.70. The maximum atomic E-state index is 12.3. The number of thiophene rings is 1. The number of amides is 1. The molecule has 1 aromatic heterocycles. The second-order valence-electron chi connectivity index (χ2n) is 4.98. The predicted octanol–water partition coefficient (Wildman–Crippen LogP) is 3.26. The molecule has 0 fully saturated rings. The molecule has 0 aliphatic heterocycles. The number of nitrogens with zero attached hydrogens (tertiary/aromatic N) is 1. The Hall–Kier alpha value is -2.45. The molecule has 0 spiro atoms. The summed E-state index contributed by atoms with van der Waals surface area (Å²) in [6.07, 6.45) is 0. The molecule has 2 atom stereocenters. The van der Waals surface area contributed by atoms with Crippen LogP contribution in [0.3, 0.4) is 0 Å². The van der Waals surface area contributed by atoms with E-state index in [1.54, 1.807) is 12.1 Å². The minimum Gasteiger partial charge on any atom is -0.348 e. The van der Waals surface area contributed by atoms with Crippen molar-refractivity contribution in [2.75, 3.05) is 0 Å². The maximum absolute atomic E-state index is 12.3. The lowest BCUT2D eigenvalue weighted by molar-refractivity contribution is -0.122. The van der Waals surface area contributed by atoms with Gasteiger partial charge in [-0.15, -0.1) is 11.3 Å². The van der Waals surface area contributed by atoms with Gasteiger partial charge in [0.15, 0.2) is 11.7 Å². The first-order chi connectivity index (χ1) is 10.5. The first-order valence-electron chi connectivity index (χ1n) is 6.88. The van der Waals surface area contributed by atoms with Gasteiger partial charge in [-0.25, -0.2) is 0 Å². The van der Waals surface area contributed by atoms with Crippen molar-refractivity contribution in [3.8, 4) is 6.07 Å². The van der Waals surface area contributed by atoms with E-state index in [0.29, 0.717) is 4.88 Å². The van der Waals surface area contributed by atoms with Crippen molar-refractivity contribution >= 4 is 23.0 Å². The Bertz CT molecular complexity index is 716. The Kier molecular flexibility index (Phi) is 5.08. The summed E-state index contributed by atoms with van der Waals surface area (Å²) < 4.78 is 0. The van der Waals surface area contributed by atoms with Crippen molar-refractivity contribution in [1.29, 1.82) is 5.26 Å². The molecule has 112 valence electrons. The molecule has 0 unspecified atom stereocenters. The van der Waals surface area contributed by atoms with Gasteiger partial charge in [0.25, 0.3) is 0 Å². The van der Waals surface area contributed by atoms with Crippen LogP contribution in [0, 0.1) is 24.2 Å². The molecule has 0 radical (unpaired) electrons. The summed E-state index contributed by atoms with van der Waals surface area (Å²) in [5.74, 6) is -2.32. The zero-order valence-corrected chi connectivity index (χ0v) is 13.2. The summed E-state index contributed by atoms with van der Waals surface area (Å²) in [5, 5.41) is 11.9. The standard InChI is InChI=1S/C17H16N2O2S/c1-11-8-9-15(22-11)16(20)14(10-18)17(21)19-12(2)13-6-4-3-5-7-13/h3-9,12,14H,1-2H3,(H,19,21)/t12-,14+/m1/s1. The van der Waals surface area contributed by atoms with E-state index in [9.17, 15) is 14.9 Å². The lowest BCUT2D eigenvalue weighted by atomic mass is 10.0. The minimum absolute atomic E-state index is 0.262. The van der Waals surface area contributed by atoms with Gasteiger partial charge in [0.1, 0.15) is 0 Å². The van der Waals surface area contributed by atoms with Crippen LogP contribution in [0.4, 0.5) is 0 Å². The third-order valence-corrected chi connectivity index (χ3v) is 4.31. The summed E-state index contributed by atoms with van der Waals surface area (Å²) in [7, 11) is 0. The molecule has 1 aromatic carbocycles.